The summed E-state index contributed by atoms with van der Waals surface area (Å²) in [5, 5.41) is 17.1. The number of carboxylic acids is 1. The summed E-state index contributed by atoms with van der Waals surface area (Å²) >= 11 is 0. The van der Waals surface area contributed by atoms with Crippen LogP contribution in [-0.4, -0.2) is 22.2 Å². The number of carbonyl (C=O) groups excluding carboxylic acids is 1. The van der Waals surface area contributed by atoms with Crippen LogP contribution >= 0.6 is 0 Å². The van der Waals surface area contributed by atoms with E-state index in [0.29, 0.717) is 0 Å². The Labute approximate surface area is 92.6 Å². The fraction of sp³-hybridized carbons (Fsp3) is 0.0909. The fourth-order valence-electron chi connectivity index (χ4n) is 0.721. The van der Waals surface area contributed by atoms with Gasteiger partial charge in [0.15, 0.2) is 0 Å². The SMILES string of the molecule is C=COC(C)=O.O=C(O)c1ccc(O)cc1. The molecule has 5 nitrogen and oxygen atoms in total. The lowest BCUT2D eigenvalue weighted by molar-refractivity contribution is -0.135. The lowest BCUT2D eigenvalue weighted by Gasteiger charge is -1.92. The predicted molar refractivity (Wildman–Crippen MR) is 57.0 cm³/mol. The summed E-state index contributed by atoms with van der Waals surface area (Å²) in [5.41, 5.74) is 0.179. The quantitative estimate of drug-likeness (QED) is 0.591. The third kappa shape index (κ3) is 6.20. The maximum absolute atomic E-state index is 10.2. The molecule has 0 aliphatic rings. The molecule has 16 heavy (non-hydrogen) atoms. The van der Waals surface area contributed by atoms with E-state index in [4.69, 9.17) is 10.2 Å². The average Bonchev–Trinajstić information content (AvgIpc) is 2.19. The summed E-state index contributed by atoms with van der Waals surface area (Å²) in [7, 11) is 0. The average molecular weight is 224 g/mol. The molecule has 0 saturated heterocycles. The van der Waals surface area contributed by atoms with Crippen molar-refractivity contribution in [3.8, 4) is 5.75 Å². The molecular weight excluding hydrogens is 212 g/mol. The molecule has 0 aliphatic carbocycles. The van der Waals surface area contributed by atoms with E-state index in [-0.39, 0.29) is 17.3 Å². The summed E-state index contributed by atoms with van der Waals surface area (Å²) in [4.78, 5) is 20.0. The minimum Gasteiger partial charge on any atom is -0.508 e. The Bertz CT molecular complexity index is 366. The van der Waals surface area contributed by atoms with Gasteiger partial charge >= 0.3 is 11.9 Å². The number of phenols is 1. The summed E-state index contributed by atoms with van der Waals surface area (Å²) < 4.78 is 4.17. The first-order chi connectivity index (χ1) is 7.47. The second-order valence-electron chi connectivity index (χ2n) is 2.63. The number of hydrogen-bond acceptors (Lipinski definition) is 4. The summed E-state index contributed by atoms with van der Waals surface area (Å²) in [6.07, 6.45) is 1.10. The summed E-state index contributed by atoms with van der Waals surface area (Å²) in [6, 6.07) is 5.36. The number of aromatic carboxylic acids is 1. The second-order valence-corrected chi connectivity index (χ2v) is 2.63. The maximum atomic E-state index is 10.2. The molecule has 0 fully saturated rings. The van der Waals surface area contributed by atoms with Crippen LogP contribution in [0.2, 0.25) is 0 Å². The van der Waals surface area contributed by atoms with Crippen molar-refractivity contribution in [2.24, 2.45) is 0 Å². The second kappa shape index (κ2) is 7.05. The molecule has 0 heterocycles. The molecule has 0 atom stereocenters. The number of rotatable bonds is 2. The highest BCUT2D eigenvalue weighted by Gasteiger charge is 1.99. The molecule has 86 valence electrons. The molecule has 2 N–H and O–H groups in total. The van der Waals surface area contributed by atoms with Gasteiger partial charge in [-0.2, -0.15) is 0 Å². The van der Waals surface area contributed by atoms with E-state index in [9.17, 15) is 9.59 Å². The van der Waals surface area contributed by atoms with Gasteiger partial charge in [-0.05, 0) is 24.3 Å². The largest absolute Gasteiger partial charge is 0.508 e. The highest BCUT2D eigenvalue weighted by Crippen LogP contribution is 2.08. The zero-order valence-electron chi connectivity index (χ0n) is 8.71. The molecule has 0 amide bonds. The van der Waals surface area contributed by atoms with Crippen molar-refractivity contribution < 1.29 is 24.5 Å². The maximum Gasteiger partial charge on any atom is 0.335 e. The van der Waals surface area contributed by atoms with Crippen LogP contribution in [-0.2, 0) is 9.53 Å². The van der Waals surface area contributed by atoms with Gasteiger partial charge in [-0.3, -0.25) is 4.79 Å². The van der Waals surface area contributed by atoms with E-state index in [0.717, 1.165) is 6.26 Å². The van der Waals surface area contributed by atoms with Crippen molar-refractivity contribution in [2.45, 2.75) is 6.92 Å². The minimum absolute atomic E-state index is 0.0741. The highest BCUT2D eigenvalue weighted by molar-refractivity contribution is 5.87. The van der Waals surface area contributed by atoms with E-state index >= 15 is 0 Å². The zero-order valence-corrected chi connectivity index (χ0v) is 8.71. The molecule has 1 aromatic carbocycles. The number of carbonyl (C=O) groups is 2. The van der Waals surface area contributed by atoms with Gasteiger partial charge in [-0.25, -0.2) is 4.79 Å². The third-order valence-electron chi connectivity index (χ3n) is 1.36. The van der Waals surface area contributed by atoms with Crippen LogP contribution in [0, 0.1) is 0 Å². The molecule has 1 rings (SSSR count). The van der Waals surface area contributed by atoms with Crippen molar-refractivity contribution in [1.82, 2.24) is 0 Å². The van der Waals surface area contributed by atoms with Gasteiger partial charge in [0.25, 0.3) is 0 Å². The Morgan fingerprint density at radius 3 is 2.06 bits per heavy atom. The van der Waals surface area contributed by atoms with Gasteiger partial charge in [-0.15, -0.1) is 0 Å². The van der Waals surface area contributed by atoms with E-state index < -0.39 is 5.97 Å². The van der Waals surface area contributed by atoms with Crippen molar-refractivity contribution >= 4 is 11.9 Å². The first-order valence-corrected chi connectivity index (χ1v) is 4.27. The van der Waals surface area contributed by atoms with Crippen LogP contribution in [0.15, 0.2) is 37.1 Å². The molecule has 5 heteroatoms. The molecular formula is C11H12O5. The summed E-state index contributed by atoms with van der Waals surface area (Å²) in [6.45, 7) is 4.48. The van der Waals surface area contributed by atoms with Crippen LogP contribution in [0.4, 0.5) is 0 Å². The minimum atomic E-state index is -0.986. The van der Waals surface area contributed by atoms with Gasteiger partial charge in [-0.1, -0.05) is 6.58 Å². The first kappa shape index (κ1) is 13.7. The number of phenolic OH excluding ortho intramolecular Hbond substituents is 1. The van der Waals surface area contributed by atoms with Crippen LogP contribution in [0.5, 0.6) is 5.75 Å². The van der Waals surface area contributed by atoms with Crippen LogP contribution in [0.25, 0.3) is 0 Å². The van der Waals surface area contributed by atoms with E-state index in [1.54, 1.807) is 0 Å². The van der Waals surface area contributed by atoms with Gasteiger partial charge in [0.05, 0.1) is 11.8 Å². The molecule has 0 aliphatic heterocycles. The van der Waals surface area contributed by atoms with Gasteiger partial charge in [0.1, 0.15) is 5.75 Å². The number of carboxylic acid groups (broad SMARTS) is 1. The predicted octanol–water partition coefficient (Wildman–Crippen LogP) is 1.78. The zero-order chi connectivity index (χ0) is 12.6. The van der Waals surface area contributed by atoms with Crippen molar-refractivity contribution in [3.05, 3.63) is 42.7 Å². The van der Waals surface area contributed by atoms with Crippen LogP contribution in [0.3, 0.4) is 0 Å². The van der Waals surface area contributed by atoms with Gasteiger partial charge in [0.2, 0.25) is 0 Å². The lowest BCUT2D eigenvalue weighted by Crippen LogP contribution is -1.93. The molecule has 0 radical (unpaired) electrons. The van der Waals surface area contributed by atoms with Crippen LogP contribution in [0.1, 0.15) is 17.3 Å². The molecule has 1 aromatic rings. The Morgan fingerprint density at radius 2 is 1.81 bits per heavy atom. The Hall–Kier alpha value is -2.30. The molecule has 0 aromatic heterocycles. The van der Waals surface area contributed by atoms with Gasteiger partial charge < -0.3 is 14.9 Å². The number of aromatic hydroxyl groups is 1. The van der Waals surface area contributed by atoms with E-state index in [1.165, 1.54) is 31.2 Å². The van der Waals surface area contributed by atoms with E-state index in [1.807, 2.05) is 0 Å². The van der Waals surface area contributed by atoms with Crippen molar-refractivity contribution in [1.29, 1.82) is 0 Å². The molecule has 0 saturated carbocycles. The Kier molecular flexibility index (Phi) is 6.04. The number of esters is 1. The lowest BCUT2D eigenvalue weighted by atomic mass is 10.2. The van der Waals surface area contributed by atoms with Crippen molar-refractivity contribution in [3.63, 3.8) is 0 Å². The topological polar surface area (TPSA) is 83.8 Å². The normalized spacial score (nSPS) is 8.31. The number of hydrogen-bond donors (Lipinski definition) is 2. The van der Waals surface area contributed by atoms with Crippen LogP contribution < -0.4 is 0 Å². The third-order valence-corrected chi connectivity index (χ3v) is 1.36. The fourth-order valence-corrected chi connectivity index (χ4v) is 0.721. The van der Waals surface area contributed by atoms with Crippen molar-refractivity contribution in [2.75, 3.05) is 0 Å². The molecule has 0 bridgehead atoms. The van der Waals surface area contributed by atoms with E-state index in [2.05, 4.69) is 11.3 Å². The number of ether oxygens (including phenoxy) is 1. The standard InChI is InChI=1S/C7H6O3.C4H6O2/c8-6-3-1-5(2-4-6)7(9)10;1-3-6-4(2)5/h1-4,8H,(H,9,10);3H,1H2,2H3. The smallest absolute Gasteiger partial charge is 0.335 e. The Balaban J connectivity index is 0.000000325. The molecule has 0 unspecified atom stereocenters. The first-order valence-electron chi connectivity index (χ1n) is 4.27. The highest BCUT2D eigenvalue weighted by atomic mass is 16.5. The molecule has 0 spiro atoms. The monoisotopic (exact) mass is 224 g/mol. The van der Waals surface area contributed by atoms with Gasteiger partial charge in [0, 0.05) is 6.92 Å². The Morgan fingerprint density at radius 1 is 1.31 bits per heavy atom. The summed E-state index contributed by atoms with van der Waals surface area (Å²) in [5.74, 6) is -1.24. The number of benzene rings is 1.